The Balaban J connectivity index is 2.54. The van der Waals surface area contributed by atoms with Crippen molar-refractivity contribution in [1.29, 1.82) is 0 Å². The number of rotatable bonds is 3. The number of aryl methyl sites for hydroxylation is 1. The van der Waals surface area contributed by atoms with Crippen molar-refractivity contribution < 1.29 is 4.52 Å². The lowest BCUT2D eigenvalue weighted by molar-refractivity contribution is 0.382. The zero-order valence-electron chi connectivity index (χ0n) is 7.29. The Hall–Kier alpha value is -1.27. The summed E-state index contributed by atoms with van der Waals surface area (Å²) in [6.45, 7) is 4.41. The molecule has 0 spiro atoms. The van der Waals surface area contributed by atoms with Crippen LogP contribution in [0.2, 0.25) is 0 Å². The molecule has 0 saturated carbocycles. The highest BCUT2D eigenvalue weighted by Crippen LogP contribution is 2.10. The standard InChI is InChI=1S/C9H12N2O/c1-4-5-10-8(3)9-6-7(2)12-11-9/h1,6,8,10H,5H2,2-3H3/t8-/m1/s1. The van der Waals surface area contributed by atoms with Gasteiger partial charge in [0, 0.05) is 6.07 Å². The van der Waals surface area contributed by atoms with Gasteiger partial charge in [0.25, 0.3) is 0 Å². The molecule has 0 fully saturated rings. The van der Waals surface area contributed by atoms with Crippen molar-refractivity contribution in [3.63, 3.8) is 0 Å². The average Bonchev–Trinajstić information content (AvgIpc) is 2.47. The van der Waals surface area contributed by atoms with E-state index in [4.69, 9.17) is 10.9 Å². The maximum absolute atomic E-state index is 5.10. The number of nitrogens with one attached hydrogen (secondary N) is 1. The fraction of sp³-hybridized carbons (Fsp3) is 0.444. The summed E-state index contributed by atoms with van der Waals surface area (Å²) in [6, 6.07) is 2.05. The molecule has 1 rings (SSSR count). The summed E-state index contributed by atoms with van der Waals surface area (Å²) in [7, 11) is 0. The van der Waals surface area contributed by atoms with Gasteiger partial charge in [-0.05, 0) is 13.8 Å². The summed E-state index contributed by atoms with van der Waals surface area (Å²) in [5.41, 5.74) is 0.891. The van der Waals surface area contributed by atoms with Crippen molar-refractivity contribution in [3.8, 4) is 12.3 Å². The molecule has 3 heteroatoms. The van der Waals surface area contributed by atoms with Crippen LogP contribution in [0.15, 0.2) is 10.6 Å². The van der Waals surface area contributed by atoms with Crippen molar-refractivity contribution >= 4 is 0 Å². The van der Waals surface area contributed by atoms with E-state index in [-0.39, 0.29) is 6.04 Å². The Morgan fingerprint density at radius 2 is 2.58 bits per heavy atom. The quantitative estimate of drug-likeness (QED) is 0.683. The van der Waals surface area contributed by atoms with Gasteiger partial charge < -0.3 is 4.52 Å². The molecule has 64 valence electrons. The molecule has 0 aliphatic rings. The molecule has 0 aromatic carbocycles. The van der Waals surface area contributed by atoms with E-state index in [9.17, 15) is 0 Å². The maximum atomic E-state index is 5.10. The highest BCUT2D eigenvalue weighted by atomic mass is 16.5. The van der Waals surface area contributed by atoms with Gasteiger partial charge in [0.1, 0.15) is 11.5 Å². The molecule has 0 aliphatic carbocycles. The first-order valence-corrected chi connectivity index (χ1v) is 3.84. The molecule has 1 aromatic rings. The third-order valence-corrected chi connectivity index (χ3v) is 1.60. The minimum absolute atomic E-state index is 0.151. The summed E-state index contributed by atoms with van der Waals surface area (Å²) in [5, 5.41) is 6.97. The molecule has 1 atom stereocenters. The molecule has 0 aliphatic heterocycles. The van der Waals surface area contributed by atoms with E-state index < -0.39 is 0 Å². The number of terminal acetylenes is 1. The molecule has 0 amide bonds. The topological polar surface area (TPSA) is 38.1 Å². The van der Waals surface area contributed by atoms with Crippen molar-refractivity contribution in [2.75, 3.05) is 6.54 Å². The van der Waals surface area contributed by atoms with Crippen LogP contribution >= 0.6 is 0 Å². The Morgan fingerprint density at radius 1 is 1.83 bits per heavy atom. The Bertz CT molecular complexity index is 285. The fourth-order valence-corrected chi connectivity index (χ4v) is 0.906. The van der Waals surface area contributed by atoms with Gasteiger partial charge in [-0.15, -0.1) is 6.42 Å². The molecule has 1 N–H and O–H groups in total. The lowest BCUT2D eigenvalue weighted by Crippen LogP contribution is -2.18. The molecule has 0 bridgehead atoms. The van der Waals surface area contributed by atoms with E-state index in [0.29, 0.717) is 6.54 Å². The molecular formula is C9H12N2O. The molecule has 12 heavy (non-hydrogen) atoms. The zero-order valence-corrected chi connectivity index (χ0v) is 7.29. The molecule has 0 radical (unpaired) electrons. The second-order valence-electron chi connectivity index (χ2n) is 2.67. The van der Waals surface area contributed by atoms with Crippen LogP contribution < -0.4 is 5.32 Å². The first-order valence-electron chi connectivity index (χ1n) is 3.84. The van der Waals surface area contributed by atoms with E-state index in [1.165, 1.54) is 0 Å². The lowest BCUT2D eigenvalue weighted by Gasteiger charge is -2.06. The average molecular weight is 164 g/mol. The maximum Gasteiger partial charge on any atom is 0.133 e. The molecule has 0 saturated heterocycles. The predicted molar refractivity (Wildman–Crippen MR) is 46.5 cm³/mol. The number of aromatic nitrogens is 1. The van der Waals surface area contributed by atoms with E-state index in [2.05, 4.69) is 16.4 Å². The summed E-state index contributed by atoms with van der Waals surface area (Å²) in [4.78, 5) is 0. The van der Waals surface area contributed by atoms with Gasteiger partial charge in [0.05, 0.1) is 12.6 Å². The van der Waals surface area contributed by atoms with Crippen LogP contribution in [0.5, 0.6) is 0 Å². The fourth-order valence-electron chi connectivity index (χ4n) is 0.906. The predicted octanol–water partition coefficient (Wildman–Crippen LogP) is 1.27. The smallest absolute Gasteiger partial charge is 0.133 e. The van der Waals surface area contributed by atoms with Crippen LogP contribution in [0.25, 0.3) is 0 Å². The Kier molecular flexibility index (Phi) is 2.89. The third kappa shape index (κ3) is 2.11. The van der Waals surface area contributed by atoms with Gasteiger partial charge >= 0.3 is 0 Å². The number of nitrogens with zero attached hydrogens (tertiary/aromatic N) is 1. The SMILES string of the molecule is C#CCN[C@H](C)c1cc(C)on1. The second kappa shape index (κ2) is 3.93. The van der Waals surface area contributed by atoms with E-state index in [1.54, 1.807) is 0 Å². The van der Waals surface area contributed by atoms with Crippen LogP contribution in [-0.2, 0) is 0 Å². The van der Waals surface area contributed by atoms with Gasteiger partial charge in [-0.2, -0.15) is 0 Å². The van der Waals surface area contributed by atoms with Crippen LogP contribution in [-0.4, -0.2) is 11.7 Å². The second-order valence-corrected chi connectivity index (χ2v) is 2.67. The molecule has 0 unspecified atom stereocenters. The summed E-state index contributed by atoms with van der Waals surface area (Å²) in [6.07, 6.45) is 5.10. The Labute approximate surface area is 72.1 Å². The summed E-state index contributed by atoms with van der Waals surface area (Å²) >= 11 is 0. The van der Waals surface area contributed by atoms with Crippen LogP contribution in [0.4, 0.5) is 0 Å². The first kappa shape index (κ1) is 8.82. The van der Waals surface area contributed by atoms with Crippen molar-refractivity contribution in [3.05, 3.63) is 17.5 Å². The molecular weight excluding hydrogens is 152 g/mol. The minimum atomic E-state index is 0.151. The normalized spacial score (nSPS) is 12.4. The molecule has 1 heterocycles. The van der Waals surface area contributed by atoms with Gasteiger partial charge in [-0.1, -0.05) is 11.1 Å². The summed E-state index contributed by atoms with van der Waals surface area (Å²) in [5.74, 6) is 3.32. The summed E-state index contributed by atoms with van der Waals surface area (Å²) < 4.78 is 4.92. The van der Waals surface area contributed by atoms with Gasteiger partial charge in [0.2, 0.25) is 0 Å². The van der Waals surface area contributed by atoms with Crippen LogP contribution in [0.1, 0.15) is 24.4 Å². The minimum Gasteiger partial charge on any atom is -0.361 e. The largest absolute Gasteiger partial charge is 0.361 e. The third-order valence-electron chi connectivity index (χ3n) is 1.60. The highest BCUT2D eigenvalue weighted by Gasteiger charge is 2.07. The van der Waals surface area contributed by atoms with Gasteiger partial charge in [-0.25, -0.2) is 0 Å². The van der Waals surface area contributed by atoms with Gasteiger partial charge in [-0.3, -0.25) is 5.32 Å². The van der Waals surface area contributed by atoms with E-state index in [1.807, 2.05) is 19.9 Å². The zero-order chi connectivity index (χ0) is 8.97. The molecule has 1 aromatic heterocycles. The monoisotopic (exact) mass is 164 g/mol. The number of hydrogen-bond acceptors (Lipinski definition) is 3. The number of hydrogen-bond donors (Lipinski definition) is 1. The van der Waals surface area contributed by atoms with Crippen LogP contribution in [0, 0.1) is 19.3 Å². The van der Waals surface area contributed by atoms with Crippen LogP contribution in [0.3, 0.4) is 0 Å². The van der Waals surface area contributed by atoms with Gasteiger partial charge in [0.15, 0.2) is 0 Å². The lowest BCUT2D eigenvalue weighted by atomic mass is 10.2. The van der Waals surface area contributed by atoms with E-state index >= 15 is 0 Å². The van der Waals surface area contributed by atoms with Crippen molar-refractivity contribution in [1.82, 2.24) is 10.5 Å². The highest BCUT2D eigenvalue weighted by molar-refractivity contribution is 5.08. The molecule has 3 nitrogen and oxygen atoms in total. The van der Waals surface area contributed by atoms with Crippen molar-refractivity contribution in [2.45, 2.75) is 19.9 Å². The van der Waals surface area contributed by atoms with Crippen molar-refractivity contribution in [2.24, 2.45) is 0 Å². The van der Waals surface area contributed by atoms with E-state index in [0.717, 1.165) is 11.5 Å². The Morgan fingerprint density at radius 3 is 3.08 bits per heavy atom. The first-order chi connectivity index (χ1) is 5.74.